The topological polar surface area (TPSA) is 81.8 Å². The molecule has 1 fully saturated rings. The van der Waals surface area contributed by atoms with Gasteiger partial charge in [0.1, 0.15) is 0 Å². The van der Waals surface area contributed by atoms with Crippen LogP contribution in [-0.4, -0.2) is 48.1 Å². The smallest absolute Gasteiger partial charge is 0.251 e. The van der Waals surface area contributed by atoms with Crippen LogP contribution in [0.2, 0.25) is 0 Å². The van der Waals surface area contributed by atoms with E-state index >= 15 is 0 Å². The SMILES string of the molecule is Cl.Cl.Cl.O=C(NCCCCNCCNC1CCCCC1)c1ccc2nc(SCc3ccccc3)[nH]c2c1. The third-order valence-corrected chi connectivity index (χ3v) is 7.29. The van der Waals surface area contributed by atoms with Gasteiger partial charge >= 0.3 is 0 Å². The van der Waals surface area contributed by atoms with Crippen LogP contribution < -0.4 is 16.0 Å². The van der Waals surface area contributed by atoms with Gasteiger partial charge in [-0.25, -0.2) is 4.98 Å². The van der Waals surface area contributed by atoms with E-state index < -0.39 is 0 Å². The molecular formula is C27H40Cl3N5OS. The van der Waals surface area contributed by atoms with E-state index in [4.69, 9.17) is 0 Å². The fourth-order valence-corrected chi connectivity index (χ4v) is 5.24. The van der Waals surface area contributed by atoms with Crippen molar-refractivity contribution in [2.24, 2.45) is 0 Å². The lowest BCUT2D eigenvalue weighted by atomic mass is 9.95. The Morgan fingerprint density at radius 3 is 2.46 bits per heavy atom. The number of aromatic nitrogens is 2. The van der Waals surface area contributed by atoms with Crippen LogP contribution in [-0.2, 0) is 5.75 Å². The molecule has 37 heavy (non-hydrogen) atoms. The zero-order valence-corrected chi connectivity index (χ0v) is 24.4. The minimum absolute atomic E-state index is 0. The normalized spacial score (nSPS) is 13.3. The Morgan fingerprint density at radius 2 is 1.68 bits per heavy atom. The lowest BCUT2D eigenvalue weighted by Gasteiger charge is -2.22. The van der Waals surface area contributed by atoms with Crippen LogP contribution in [0, 0.1) is 0 Å². The van der Waals surface area contributed by atoms with E-state index in [1.54, 1.807) is 11.8 Å². The van der Waals surface area contributed by atoms with E-state index in [-0.39, 0.29) is 43.1 Å². The number of rotatable bonds is 13. The molecule has 0 aliphatic heterocycles. The molecular weight excluding hydrogens is 549 g/mol. The fourth-order valence-electron chi connectivity index (χ4n) is 4.40. The first-order valence-electron chi connectivity index (χ1n) is 12.7. The third-order valence-electron chi connectivity index (χ3n) is 6.35. The maximum Gasteiger partial charge on any atom is 0.251 e. The number of amides is 1. The molecule has 3 aromatic rings. The van der Waals surface area contributed by atoms with Crippen LogP contribution in [0.5, 0.6) is 0 Å². The summed E-state index contributed by atoms with van der Waals surface area (Å²) in [7, 11) is 0. The number of hydrogen-bond donors (Lipinski definition) is 4. The van der Waals surface area contributed by atoms with Gasteiger partial charge in [-0.1, -0.05) is 61.4 Å². The number of imidazole rings is 1. The highest BCUT2D eigenvalue weighted by Gasteiger charge is 2.12. The number of H-pyrrole nitrogens is 1. The van der Waals surface area contributed by atoms with Gasteiger partial charge in [0, 0.05) is 37.0 Å². The Morgan fingerprint density at radius 1 is 0.919 bits per heavy atom. The fraction of sp³-hybridized carbons (Fsp3) is 0.481. The van der Waals surface area contributed by atoms with E-state index in [0.717, 1.165) is 60.5 Å². The average Bonchev–Trinajstić information content (AvgIpc) is 3.30. The summed E-state index contributed by atoms with van der Waals surface area (Å²) < 4.78 is 0. The number of carbonyl (C=O) groups is 1. The summed E-state index contributed by atoms with van der Waals surface area (Å²) in [6.07, 6.45) is 8.86. The van der Waals surface area contributed by atoms with Gasteiger partial charge in [-0.15, -0.1) is 37.2 Å². The zero-order chi connectivity index (χ0) is 23.4. The van der Waals surface area contributed by atoms with E-state index in [1.165, 1.54) is 37.7 Å². The highest BCUT2D eigenvalue weighted by Crippen LogP contribution is 2.23. The summed E-state index contributed by atoms with van der Waals surface area (Å²) in [5, 5.41) is 11.1. The maximum atomic E-state index is 12.6. The Kier molecular flexibility index (Phi) is 17.0. The lowest BCUT2D eigenvalue weighted by molar-refractivity contribution is 0.0953. The van der Waals surface area contributed by atoms with Crippen LogP contribution >= 0.6 is 49.0 Å². The number of hydrogen-bond acceptors (Lipinski definition) is 5. The van der Waals surface area contributed by atoms with Crippen LogP contribution in [0.25, 0.3) is 11.0 Å². The molecule has 10 heteroatoms. The number of aromatic amines is 1. The highest BCUT2D eigenvalue weighted by atomic mass is 35.5. The Hall–Kier alpha value is -1.48. The summed E-state index contributed by atoms with van der Waals surface area (Å²) >= 11 is 1.67. The van der Waals surface area contributed by atoms with Gasteiger partial charge in [0.15, 0.2) is 5.16 Å². The van der Waals surface area contributed by atoms with E-state index in [9.17, 15) is 4.79 Å². The molecule has 1 aliphatic rings. The van der Waals surface area contributed by atoms with Crippen molar-refractivity contribution >= 4 is 65.9 Å². The van der Waals surface area contributed by atoms with Gasteiger partial charge in [0.25, 0.3) is 5.91 Å². The monoisotopic (exact) mass is 587 g/mol. The average molecular weight is 589 g/mol. The van der Waals surface area contributed by atoms with Crippen molar-refractivity contribution in [2.75, 3.05) is 26.2 Å². The summed E-state index contributed by atoms with van der Waals surface area (Å²) in [5.74, 6) is 0.833. The molecule has 0 atom stereocenters. The first-order chi connectivity index (χ1) is 16.8. The zero-order valence-electron chi connectivity index (χ0n) is 21.2. The van der Waals surface area contributed by atoms with Crippen LogP contribution in [0.4, 0.5) is 0 Å². The molecule has 0 radical (unpaired) electrons. The first-order valence-corrected chi connectivity index (χ1v) is 13.7. The molecule has 2 aromatic carbocycles. The van der Waals surface area contributed by atoms with Crippen LogP contribution in [0.1, 0.15) is 60.9 Å². The molecule has 0 bridgehead atoms. The van der Waals surface area contributed by atoms with Crippen molar-refractivity contribution in [1.82, 2.24) is 25.9 Å². The molecule has 206 valence electrons. The molecule has 1 heterocycles. The Labute approximate surface area is 243 Å². The number of fused-ring (bicyclic) bond motifs is 1. The largest absolute Gasteiger partial charge is 0.352 e. The predicted octanol–water partition coefficient (Wildman–Crippen LogP) is 6.14. The number of carbonyl (C=O) groups excluding carboxylic acids is 1. The van der Waals surface area contributed by atoms with Gasteiger partial charge in [0.05, 0.1) is 11.0 Å². The minimum atomic E-state index is -0.0281. The van der Waals surface area contributed by atoms with E-state index in [2.05, 4.69) is 38.1 Å². The molecule has 0 spiro atoms. The molecule has 1 saturated carbocycles. The number of nitrogens with zero attached hydrogens (tertiary/aromatic N) is 1. The second-order valence-electron chi connectivity index (χ2n) is 9.05. The van der Waals surface area contributed by atoms with Crippen molar-refractivity contribution in [3.63, 3.8) is 0 Å². The number of thioether (sulfide) groups is 1. The molecule has 1 amide bonds. The molecule has 0 saturated heterocycles. The second kappa shape index (κ2) is 18.7. The molecule has 0 unspecified atom stereocenters. The molecule has 1 aliphatic carbocycles. The van der Waals surface area contributed by atoms with Gasteiger partial charge < -0.3 is 20.9 Å². The van der Waals surface area contributed by atoms with E-state index in [0.29, 0.717) is 12.1 Å². The standard InChI is InChI=1S/C27H37N5OS.3ClH/c33-26(30-16-8-7-15-28-17-18-29-23-11-5-2-6-12-23)22-13-14-24-25(19-22)32-27(31-24)34-20-21-9-3-1-4-10-21;;;/h1,3-4,9-10,13-14,19,23,28-29H,2,5-8,11-12,15-18,20H2,(H,30,33)(H,31,32);3*1H. The quantitative estimate of drug-likeness (QED) is 0.142. The highest BCUT2D eigenvalue weighted by molar-refractivity contribution is 7.98. The summed E-state index contributed by atoms with van der Waals surface area (Å²) in [6.45, 7) is 3.74. The first kappa shape index (κ1) is 33.5. The predicted molar refractivity (Wildman–Crippen MR) is 163 cm³/mol. The van der Waals surface area contributed by atoms with Crippen molar-refractivity contribution in [2.45, 2.75) is 61.9 Å². The Balaban J connectivity index is 0.00000228. The van der Waals surface area contributed by atoms with Crippen LogP contribution in [0.3, 0.4) is 0 Å². The van der Waals surface area contributed by atoms with Crippen molar-refractivity contribution in [1.29, 1.82) is 0 Å². The van der Waals surface area contributed by atoms with Crippen LogP contribution in [0.15, 0.2) is 53.7 Å². The second-order valence-corrected chi connectivity index (χ2v) is 10.0. The van der Waals surface area contributed by atoms with Gasteiger partial charge in [-0.2, -0.15) is 0 Å². The summed E-state index contributed by atoms with van der Waals surface area (Å²) in [5.41, 5.74) is 3.72. The van der Waals surface area contributed by atoms with Gasteiger partial charge in [-0.3, -0.25) is 4.79 Å². The third kappa shape index (κ3) is 11.4. The molecule has 6 nitrogen and oxygen atoms in total. The Bertz CT molecular complexity index is 1030. The summed E-state index contributed by atoms with van der Waals surface area (Å²) in [6, 6.07) is 16.7. The van der Waals surface area contributed by atoms with Gasteiger partial charge in [0.2, 0.25) is 0 Å². The maximum absolute atomic E-state index is 12.6. The lowest BCUT2D eigenvalue weighted by Crippen LogP contribution is -2.36. The number of nitrogens with one attached hydrogen (secondary N) is 4. The molecule has 4 N–H and O–H groups in total. The minimum Gasteiger partial charge on any atom is -0.352 e. The van der Waals surface area contributed by atoms with Crippen molar-refractivity contribution in [3.8, 4) is 0 Å². The number of benzene rings is 2. The molecule has 1 aromatic heterocycles. The number of halogens is 3. The van der Waals surface area contributed by atoms with Crippen molar-refractivity contribution in [3.05, 3.63) is 59.7 Å². The van der Waals surface area contributed by atoms with Gasteiger partial charge in [-0.05, 0) is 56.0 Å². The summed E-state index contributed by atoms with van der Waals surface area (Å²) in [4.78, 5) is 20.5. The number of unbranched alkanes of at least 4 members (excludes halogenated alkanes) is 1. The van der Waals surface area contributed by atoms with Crippen molar-refractivity contribution < 1.29 is 4.79 Å². The van der Waals surface area contributed by atoms with E-state index in [1.807, 2.05) is 36.4 Å². The molecule has 4 rings (SSSR count).